The Morgan fingerprint density at radius 3 is 2.57 bits per heavy atom. The molecule has 1 atom stereocenters. The van der Waals surface area contributed by atoms with E-state index in [2.05, 4.69) is 14.4 Å². The van der Waals surface area contributed by atoms with Crippen LogP contribution in [0.1, 0.15) is 37.0 Å². The van der Waals surface area contributed by atoms with Crippen LogP contribution in [-0.4, -0.2) is 63.6 Å². The molecular weight excluding hydrogens is 410 g/mol. The second-order valence-electron chi connectivity index (χ2n) is 6.44. The number of carbonyl (C=O) groups excluding carboxylic acids is 1. The Kier molecular flexibility index (Phi) is 6.91. The Labute approximate surface area is 164 Å². The fraction of sp³-hybridized carbons (Fsp3) is 0.562. The summed E-state index contributed by atoms with van der Waals surface area (Å²) in [6.07, 6.45) is 1.91. The topological polar surface area (TPSA) is 156 Å². The molecule has 1 saturated heterocycles. The standard InChI is InChI=1S/C16H25N3O7S2/c1-3-19-7-5-6-11(19)10-18-16(20)12-8-15(27(21,22)4-2)13(17)9-14(12)26-28(23,24)25/h8-9,11H,3-7,10,17H2,1-2H3,(H,18,20)(H,23,24,25). The Bertz CT molecular complexity index is 945. The molecule has 1 amide bonds. The number of nitrogens with two attached hydrogens (primary N) is 1. The molecule has 4 N–H and O–H groups in total. The largest absolute Gasteiger partial charge is 0.446 e. The van der Waals surface area contributed by atoms with Crippen LogP contribution in [0.2, 0.25) is 0 Å². The fourth-order valence-electron chi connectivity index (χ4n) is 3.21. The van der Waals surface area contributed by atoms with Crippen LogP contribution in [0.15, 0.2) is 17.0 Å². The van der Waals surface area contributed by atoms with Crippen molar-refractivity contribution in [1.29, 1.82) is 0 Å². The molecule has 0 saturated carbocycles. The maximum Gasteiger partial charge on any atom is 0.446 e. The van der Waals surface area contributed by atoms with Crippen molar-refractivity contribution in [2.45, 2.75) is 37.6 Å². The van der Waals surface area contributed by atoms with E-state index in [4.69, 9.17) is 10.3 Å². The summed E-state index contributed by atoms with van der Waals surface area (Å²) >= 11 is 0. The lowest BCUT2D eigenvalue weighted by Crippen LogP contribution is -2.40. The summed E-state index contributed by atoms with van der Waals surface area (Å²) in [4.78, 5) is 14.6. The monoisotopic (exact) mass is 435 g/mol. The molecule has 1 aromatic rings. The third-order valence-corrected chi connectivity index (χ3v) is 6.84. The lowest BCUT2D eigenvalue weighted by Gasteiger charge is -2.23. The maximum absolute atomic E-state index is 12.7. The molecule has 28 heavy (non-hydrogen) atoms. The number of nitrogens with zero attached hydrogens (tertiary/aromatic N) is 1. The number of amides is 1. The molecule has 158 valence electrons. The lowest BCUT2D eigenvalue weighted by molar-refractivity contribution is 0.0939. The van der Waals surface area contributed by atoms with Crippen LogP contribution >= 0.6 is 0 Å². The smallest absolute Gasteiger partial charge is 0.398 e. The number of likely N-dealkylation sites (tertiary alicyclic amines) is 1. The Morgan fingerprint density at radius 1 is 1.32 bits per heavy atom. The van der Waals surface area contributed by atoms with Gasteiger partial charge in [-0.15, -0.1) is 0 Å². The third-order valence-electron chi connectivity index (χ3n) is 4.67. The van der Waals surface area contributed by atoms with Crippen LogP contribution in [-0.2, 0) is 20.2 Å². The highest BCUT2D eigenvalue weighted by Gasteiger charge is 2.27. The van der Waals surface area contributed by atoms with Gasteiger partial charge in [-0.2, -0.15) is 8.42 Å². The number of hydrogen-bond acceptors (Lipinski definition) is 8. The Morgan fingerprint density at radius 2 is 2.00 bits per heavy atom. The summed E-state index contributed by atoms with van der Waals surface area (Å²) in [7, 11) is -8.71. The van der Waals surface area contributed by atoms with Crippen molar-refractivity contribution in [1.82, 2.24) is 10.2 Å². The number of rotatable bonds is 8. The van der Waals surface area contributed by atoms with Crippen LogP contribution in [0.3, 0.4) is 0 Å². The first-order valence-corrected chi connectivity index (χ1v) is 11.9. The minimum atomic E-state index is -4.94. The van der Waals surface area contributed by atoms with Gasteiger partial charge in [0.25, 0.3) is 5.91 Å². The van der Waals surface area contributed by atoms with Gasteiger partial charge in [0, 0.05) is 18.7 Å². The maximum atomic E-state index is 12.7. The van der Waals surface area contributed by atoms with Crippen molar-refractivity contribution >= 4 is 31.8 Å². The highest BCUT2D eigenvalue weighted by molar-refractivity contribution is 7.91. The van der Waals surface area contributed by atoms with Gasteiger partial charge >= 0.3 is 10.4 Å². The van der Waals surface area contributed by atoms with E-state index in [1.807, 2.05) is 6.92 Å². The minimum Gasteiger partial charge on any atom is -0.398 e. The van der Waals surface area contributed by atoms with E-state index >= 15 is 0 Å². The molecule has 0 spiro atoms. The molecule has 1 aromatic carbocycles. The zero-order chi connectivity index (χ0) is 21.1. The number of benzene rings is 1. The molecule has 10 nitrogen and oxygen atoms in total. The van der Waals surface area contributed by atoms with Gasteiger partial charge in [-0.1, -0.05) is 13.8 Å². The van der Waals surface area contributed by atoms with E-state index in [0.29, 0.717) is 6.54 Å². The number of nitrogen functional groups attached to an aromatic ring is 1. The van der Waals surface area contributed by atoms with E-state index in [-0.39, 0.29) is 27.9 Å². The van der Waals surface area contributed by atoms with Crippen molar-refractivity contribution in [2.75, 3.05) is 31.1 Å². The summed E-state index contributed by atoms with van der Waals surface area (Å²) in [5.74, 6) is -1.54. The van der Waals surface area contributed by atoms with E-state index < -0.39 is 31.9 Å². The number of hydrogen-bond donors (Lipinski definition) is 3. The average Bonchev–Trinajstić information content (AvgIpc) is 3.05. The Hall–Kier alpha value is -1.89. The first-order chi connectivity index (χ1) is 13.0. The zero-order valence-electron chi connectivity index (χ0n) is 15.7. The molecule has 0 aromatic heterocycles. The van der Waals surface area contributed by atoms with Crippen LogP contribution < -0.4 is 15.2 Å². The van der Waals surface area contributed by atoms with Crippen molar-refractivity contribution in [2.24, 2.45) is 0 Å². The van der Waals surface area contributed by atoms with Gasteiger partial charge in [-0.25, -0.2) is 8.42 Å². The van der Waals surface area contributed by atoms with Crippen molar-refractivity contribution in [3.05, 3.63) is 17.7 Å². The molecule has 1 fully saturated rings. The van der Waals surface area contributed by atoms with Crippen LogP contribution in [0, 0.1) is 0 Å². The predicted octanol–water partition coefficient (Wildman–Crippen LogP) is 0.458. The number of carbonyl (C=O) groups is 1. The molecule has 1 heterocycles. The minimum absolute atomic E-state index is 0.132. The van der Waals surface area contributed by atoms with E-state index in [1.165, 1.54) is 6.92 Å². The number of anilines is 1. The second-order valence-corrected chi connectivity index (χ2v) is 9.70. The summed E-state index contributed by atoms with van der Waals surface area (Å²) in [5.41, 5.74) is 5.07. The van der Waals surface area contributed by atoms with Crippen molar-refractivity contribution < 1.29 is 30.4 Å². The van der Waals surface area contributed by atoms with Crippen molar-refractivity contribution in [3.63, 3.8) is 0 Å². The number of likely N-dealkylation sites (N-methyl/N-ethyl adjacent to an activating group) is 1. The van der Waals surface area contributed by atoms with Crippen LogP contribution in [0.25, 0.3) is 0 Å². The van der Waals surface area contributed by atoms with Gasteiger partial charge in [-0.05, 0) is 32.0 Å². The first kappa shape index (κ1) is 22.4. The van der Waals surface area contributed by atoms with Gasteiger partial charge in [0.2, 0.25) is 0 Å². The second kappa shape index (κ2) is 8.64. The number of nitrogens with one attached hydrogen (secondary N) is 1. The molecule has 0 aliphatic carbocycles. The summed E-state index contributed by atoms with van der Waals surface area (Å²) < 4.78 is 60.0. The highest BCUT2D eigenvalue weighted by Crippen LogP contribution is 2.30. The first-order valence-electron chi connectivity index (χ1n) is 8.84. The third kappa shape index (κ3) is 5.34. The fourth-order valence-corrected chi connectivity index (χ4v) is 4.60. The van der Waals surface area contributed by atoms with E-state index in [0.717, 1.165) is 38.1 Å². The molecule has 1 unspecified atom stereocenters. The van der Waals surface area contributed by atoms with Gasteiger partial charge in [0.15, 0.2) is 15.6 Å². The van der Waals surface area contributed by atoms with Gasteiger partial charge < -0.3 is 15.2 Å². The molecule has 12 heteroatoms. The molecular formula is C16H25N3O7S2. The van der Waals surface area contributed by atoms with Crippen LogP contribution in [0.4, 0.5) is 5.69 Å². The molecule has 1 aliphatic rings. The normalized spacial score (nSPS) is 18.2. The van der Waals surface area contributed by atoms with Gasteiger partial charge in [0.05, 0.1) is 21.9 Å². The summed E-state index contributed by atoms with van der Waals surface area (Å²) in [5, 5.41) is 2.67. The zero-order valence-corrected chi connectivity index (χ0v) is 17.3. The summed E-state index contributed by atoms with van der Waals surface area (Å²) in [6, 6.07) is 2.00. The molecule has 0 bridgehead atoms. The van der Waals surface area contributed by atoms with E-state index in [9.17, 15) is 21.6 Å². The van der Waals surface area contributed by atoms with E-state index in [1.54, 1.807) is 0 Å². The summed E-state index contributed by atoms with van der Waals surface area (Å²) in [6.45, 7) is 5.49. The van der Waals surface area contributed by atoms with Gasteiger partial charge in [-0.3, -0.25) is 14.2 Å². The lowest BCUT2D eigenvalue weighted by atomic mass is 10.1. The molecule has 2 rings (SSSR count). The highest BCUT2D eigenvalue weighted by atomic mass is 32.3. The molecule has 1 aliphatic heterocycles. The quantitative estimate of drug-likeness (QED) is 0.390. The van der Waals surface area contributed by atoms with Gasteiger partial charge in [0.1, 0.15) is 0 Å². The van der Waals surface area contributed by atoms with Crippen molar-refractivity contribution in [3.8, 4) is 5.75 Å². The molecule has 0 radical (unpaired) electrons. The number of sulfone groups is 1. The predicted molar refractivity (Wildman–Crippen MR) is 103 cm³/mol. The average molecular weight is 436 g/mol. The Balaban J connectivity index is 2.37. The SMILES string of the molecule is CCN1CCCC1CNC(=O)c1cc(S(=O)(=O)CC)c(N)cc1OS(=O)(=O)O. The van der Waals surface area contributed by atoms with Crippen LogP contribution in [0.5, 0.6) is 5.75 Å².